The Morgan fingerprint density at radius 2 is 2.26 bits per heavy atom. The zero-order valence-corrected chi connectivity index (χ0v) is 13.8. The van der Waals surface area contributed by atoms with Crippen LogP contribution in [0, 0.1) is 13.8 Å². The maximum absolute atomic E-state index is 12.0. The van der Waals surface area contributed by atoms with Crippen LogP contribution < -0.4 is 10.6 Å². The molecule has 0 saturated heterocycles. The van der Waals surface area contributed by atoms with Gasteiger partial charge in [0.15, 0.2) is 0 Å². The Hall–Kier alpha value is -2.38. The summed E-state index contributed by atoms with van der Waals surface area (Å²) in [5.41, 5.74) is 3.38. The number of hydrogen-bond donors (Lipinski definition) is 2. The van der Waals surface area contributed by atoms with Gasteiger partial charge < -0.3 is 10.6 Å². The van der Waals surface area contributed by atoms with Crippen molar-refractivity contribution in [1.82, 2.24) is 35.2 Å². The second-order valence-corrected chi connectivity index (χ2v) is 6.02. The van der Waals surface area contributed by atoms with Gasteiger partial charge in [-0.05, 0) is 32.3 Å². The van der Waals surface area contributed by atoms with Crippen molar-refractivity contribution in [2.24, 2.45) is 7.05 Å². The predicted molar refractivity (Wildman–Crippen MR) is 85.1 cm³/mol. The van der Waals surface area contributed by atoms with Crippen LogP contribution in [0.25, 0.3) is 0 Å². The quantitative estimate of drug-likeness (QED) is 0.858. The lowest BCUT2D eigenvalue weighted by Gasteiger charge is -2.23. The number of fused-ring (bicyclic) bond motifs is 1. The number of rotatable bonds is 4. The molecule has 23 heavy (non-hydrogen) atoms. The van der Waals surface area contributed by atoms with Gasteiger partial charge in [-0.1, -0.05) is 0 Å². The van der Waals surface area contributed by atoms with Crippen LogP contribution in [0.2, 0.25) is 0 Å². The number of aromatic nitrogens is 5. The lowest BCUT2D eigenvalue weighted by Crippen LogP contribution is -2.46. The highest BCUT2D eigenvalue weighted by molar-refractivity contribution is 5.74. The van der Waals surface area contributed by atoms with Gasteiger partial charge in [-0.25, -0.2) is 14.5 Å². The molecule has 0 fully saturated rings. The van der Waals surface area contributed by atoms with Crippen LogP contribution in [0.5, 0.6) is 0 Å². The van der Waals surface area contributed by atoms with E-state index in [1.165, 1.54) is 5.56 Å². The van der Waals surface area contributed by atoms with Crippen LogP contribution in [-0.2, 0) is 26.4 Å². The minimum atomic E-state index is -0.127. The van der Waals surface area contributed by atoms with E-state index in [-0.39, 0.29) is 12.1 Å². The van der Waals surface area contributed by atoms with Crippen LogP contribution in [0.4, 0.5) is 4.79 Å². The van der Waals surface area contributed by atoms with Crippen molar-refractivity contribution in [2.75, 3.05) is 6.54 Å². The van der Waals surface area contributed by atoms with E-state index >= 15 is 0 Å². The standard InChI is InChI=1S/C15H23N7O/c1-10-13(11(2)21(3)20-10)6-7-16-15(23)19-12-4-5-14-17-9-18-22(14)8-12/h9,12H,4-8H2,1-3H3,(H2,16,19,23)/t12-/m1/s1. The lowest BCUT2D eigenvalue weighted by molar-refractivity contribution is 0.232. The summed E-state index contributed by atoms with van der Waals surface area (Å²) in [5, 5.41) is 14.5. The number of nitrogens with one attached hydrogen (secondary N) is 2. The summed E-state index contributed by atoms with van der Waals surface area (Å²) < 4.78 is 3.74. The van der Waals surface area contributed by atoms with Crippen molar-refractivity contribution in [3.63, 3.8) is 0 Å². The number of urea groups is 1. The summed E-state index contributed by atoms with van der Waals surface area (Å²) in [6.07, 6.45) is 4.10. The van der Waals surface area contributed by atoms with Crippen molar-refractivity contribution in [1.29, 1.82) is 0 Å². The SMILES string of the molecule is Cc1nn(C)c(C)c1CCNC(=O)N[C@@H]1CCc2ncnn2C1. The molecule has 2 aromatic rings. The average molecular weight is 317 g/mol. The summed E-state index contributed by atoms with van der Waals surface area (Å²) in [4.78, 5) is 16.2. The molecule has 0 saturated carbocycles. The van der Waals surface area contributed by atoms with Crippen LogP contribution in [0.3, 0.4) is 0 Å². The van der Waals surface area contributed by atoms with Gasteiger partial charge in [0.05, 0.1) is 18.3 Å². The summed E-state index contributed by atoms with van der Waals surface area (Å²) >= 11 is 0. The number of carbonyl (C=O) groups excluding carboxylic acids is 1. The molecule has 0 radical (unpaired) electrons. The van der Waals surface area contributed by atoms with E-state index in [0.29, 0.717) is 13.1 Å². The zero-order chi connectivity index (χ0) is 16.4. The van der Waals surface area contributed by atoms with Crippen molar-refractivity contribution >= 4 is 6.03 Å². The minimum Gasteiger partial charge on any atom is -0.338 e. The van der Waals surface area contributed by atoms with E-state index in [0.717, 1.165) is 36.5 Å². The third kappa shape index (κ3) is 3.35. The Kier molecular flexibility index (Phi) is 4.31. The molecule has 8 nitrogen and oxygen atoms in total. The molecule has 2 amide bonds. The third-order valence-corrected chi connectivity index (χ3v) is 4.46. The number of nitrogens with zero attached hydrogens (tertiary/aromatic N) is 5. The van der Waals surface area contributed by atoms with E-state index in [2.05, 4.69) is 25.8 Å². The highest BCUT2D eigenvalue weighted by atomic mass is 16.2. The molecule has 0 unspecified atom stereocenters. The number of hydrogen-bond acceptors (Lipinski definition) is 4. The Labute approximate surface area is 135 Å². The van der Waals surface area contributed by atoms with Crippen LogP contribution in [-0.4, -0.2) is 43.2 Å². The first kappa shape index (κ1) is 15.5. The predicted octanol–water partition coefficient (Wildman–Crippen LogP) is 0.485. The molecule has 0 aliphatic carbocycles. The van der Waals surface area contributed by atoms with Gasteiger partial charge >= 0.3 is 6.03 Å². The van der Waals surface area contributed by atoms with E-state index in [1.54, 1.807) is 6.33 Å². The zero-order valence-electron chi connectivity index (χ0n) is 13.8. The van der Waals surface area contributed by atoms with Crippen LogP contribution in [0.1, 0.15) is 29.2 Å². The van der Waals surface area contributed by atoms with E-state index in [4.69, 9.17) is 0 Å². The molecule has 3 heterocycles. The molecule has 1 atom stereocenters. The monoisotopic (exact) mass is 317 g/mol. The van der Waals surface area contributed by atoms with E-state index in [9.17, 15) is 4.79 Å². The number of amides is 2. The topological polar surface area (TPSA) is 89.7 Å². The molecule has 124 valence electrons. The molecule has 2 N–H and O–H groups in total. The largest absolute Gasteiger partial charge is 0.338 e. The van der Waals surface area contributed by atoms with Gasteiger partial charge in [0.1, 0.15) is 12.2 Å². The van der Waals surface area contributed by atoms with Gasteiger partial charge in [0.25, 0.3) is 0 Å². The van der Waals surface area contributed by atoms with Gasteiger partial charge in [-0.2, -0.15) is 10.2 Å². The molecule has 2 aromatic heterocycles. The minimum absolute atomic E-state index is 0.103. The fourth-order valence-corrected chi connectivity index (χ4v) is 3.07. The van der Waals surface area contributed by atoms with Gasteiger partial charge in [0, 0.05) is 25.7 Å². The van der Waals surface area contributed by atoms with Crippen molar-refractivity contribution < 1.29 is 4.79 Å². The molecular weight excluding hydrogens is 294 g/mol. The number of aryl methyl sites for hydroxylation is 3. The van der Waals surface area contributed by atoms with Gasteiger partial charge in [0.2, 0.25) is 0 Å². The van der Waals surface area contributed by atoms with Gasteiger partial charge in [-0.3, -0.25) is 4.68 Å². The molecule has 0 bridgehead atoms. The first-order valence-electron chi connectivity index (χ1n) is 7.94. The third-order valence-electron chi connectivity index (χ3n) is 4.46. The summed E-state index contributed by atoms with van der Waals surface area (Å²) in [5.74, 6) is 0.992. The van der Waals surface area contributed by atoms with Crippen LogP contribution in [0.15, 0.2) is 6.33 Å². The van der Waals surface area contributed by atoms with Crippen molar-refractivity contribution in [2.45, 2.75) is 45.7 Å². The summed E-state index contributed by atoms with van der Waals surface area (Å²) in [7, 11) is 1.94. The molecule has 3 rings (SSSR count). The smallest absolute Gasteiger partial charge is 0.315 e. The molecule has 0 aromatic carbocycles. The molecule has 1 aliphatic heterocycles. The fraction of sp³-hybridized carbons (Fsp3) is 0.600. The Balaban J connectivity index is 1.45. The Bertz CT molecular complexity index is 703. The first-order valence-corrected chi connectivity index (χ1v) is 7.94. The molecule has 8 heteroatoms. The maximum Gasteiger partial charge on any atom is 0.315 e. The van der Waals surface area contributed by atoms with E-state index < -0.39 is 0 Å². The average Bonchev–Trinajstić information content (AvgIpc) is 3.06. The second kappa shape index (κ2) is 6.39. The normalized spacial score (nSPS) is 16.9. The van der Waals surface area contributed by atoms with E-state index in [1.807, 2.05) is 30.3 Å². The summed E-state index contributed by atoms with van der Waals surface area (Å²) in [6, 6.07) is -0.0242. The molecule has 0 spiro atoms. The fourth-order valence-electron chi connectivity index (χ4n) is 3.07. The Morgan fingerprint density at radius 1 is 1.43 bits per heavy atom. The lowest BCUT2D eigenvalue weighted by atomic mass is 10.1. The van der Waals surface area contributed by atoms with Crippen LogP contribution >= 0.6 is 0 Å². The van der Waals surface area contributed by atoms with Crippen molar-refractivity contribution in [3.05, 3.63) is 29.1 Å². The highest BCUT2D eigenvalue weighted by Crippen LogP contribution is 2.12. The highest BCUT2D eigenvalue weighted by Gasteiger charge is 2.21. The second-order valence-electron chi connectivity index (χ2n) is 6.02. The number of carbonyl (C=O) groups is 1. The van der Waals surface area contributed by atoms with Crippen molar-refractivity contribution in [3.8, 4) is 0 Å². The summed E-state index contributed by atoms with van der Waals surface area (Å²) in [6.45, 7) is 5.33. The molecule has 1 aliphatic rings. The van der Waals surface area contributed by atoms with Gasteiger partial charge in [-0.15, -0.1) is 0 Å². The molecular formula is C15H23N7O. The maximum atomic E-state index is 12.0. The first-order chi connectivity index (χ1) is 11.0. The Morgan fingerprint density at radius 3 is 3.00 bits per heavy atom.